The van der Waals surface area contributed by atoms with E-state index in [2.05, 4.69) is 5.32 Å². The molecule has 2 saturated carbocycles. The van der Waals surface area contributed by atoms with Crippen molar-refractivity contribution in [2.24, 2.45) is 0 Å². The van der Waals surface area contributed by atoms with E-state index in [0.717, 1.165) is 25.7 Å². The van der Waals surface area contributed by atoms with Gasteiger partial charge in [-0.2, -0.15) is 0 Å². The fourth-order valence-corrected chi connectivity index (χ4v) is 2.79. The number of nitrogens with one attached hydrogen (secondary N) is 1. The first-order chi connectivity index (χ1) is 9.16. The van der Waals surface area contributed by atoms with Gasteiger partial charge in [-0.15, -0.1) is 0 Å². The lowest BCUT2D eigenvalue weighted by Gasteiger charge is -2.38. The van der Waals surface area contributed by atoms with Crippen LogP contribution in [0.5, 0.6) is 0 Å². The highest BCUT2D eigenvalue weighted by molar-refractivity contribution is 5.79. The van der Waals surface area contributed by atoms with Crippen LogP contribution in [0.2, 0.25) is 0 Å². The van der Waals surface area contributed by atoms with Crippen molar-refractivity contribution in [3.63, 3.8) is 0 Å². The zero-order chi connectivity index (χ0) is 13.7. The summed E-state index contributed by atoms with van der Waals surface area (Å²) in [6.07, 6.45) is 5.39. The van der Waals surface area contributed by atoms with Crippen LogP contribution >= 0.6 is 0 Å². The summed E-state index contributed by atoms with van der Waals surface area (Å²) >= 11 is 0. The highest BCUT2D eigenvalue weighted by atomic mass is 16.5. The third kappa shape index (κ3) is 4.16. The summed E-state index contributed by atoms with van der Waals surface area (Å²) < 4.78 is 11.0. The first-order valence-corrected chi connectivity index (χ1v) is 7.37. The van der Waals surface area contributed by atoms with Crippen molar-refractivity contribution in [2.75, 3.05) is 19.8 Å². The molecule has 0 amide bonds. The number of hydrogen-bond acceptors (Lipinski definition) is 4. The van der Waals surface area contributed by atoms with Gasteiger partial charge >= 0.3 is 5.97 Å². The Morgan fingerprint density at radius 1 is 1.37 bits per heavy atom. The number of carboxylic acid groups (broad SMARTS) is 1. The van der Waals surface area contributed by atoms with Gasteiger partial charge in [-0.3, -0.25) is 10.1 Å². The lowest BCUT2D eigenvalue weighted by molar-refractivity contribution is -0.149. The molecule has 0 saturated heterocycles. The Balaban J connectivity index is 1.84. The summed E-state index contributed by atoms with van der Waals surface area (Å²) in [5.41, 5.74) is -0.768. The van der Waals surface area contributed by atoms with Crippen LogP contribution in [0.3, 0.4) is 0 Å². The molecule has 19 heavy (non-hydrogen) atoms. The van der Waals surface area contributed by atoms with Gasteiger partial charge < -0.3 is 14.6 Å². The second-order valence-electron chi connectivity index (χ2n) is 5.59. The van der Waals surface area contributed by atoms with Crippen LogP contribution < -0.4 is 5.32 Å². The zero-order valence-electron chi connectivity index (χ0n) is 11.7. The molecule has 0 heterocycles. The zero-order valence-corrected chi connectivity index (χ0v) is 11.7. The van der Waals surface area contributed by atoms with Crippen molar-refractivity contribution in [3.8, 4) is 0 Å². The Kier molecular flexibility index (Phi) is 5.19. The van der Waals surface area contributed by atoms with Gasteiger partial charge in [-0.1, -0.05) is 0 Å². The summed E-state index contributed by atoms with van der Waals surface area (Å²) in [6, 6.07) is 0.401. The van der Waals surface area contributed by atoms with Gasteiger partial charge in [0.25, 0.3) is 0 Å². The van der Waals surface area contributed by atoms with Crippen molar-refractivity contribution in [1.82, 2.24) is 5.32 Å². The van der Waals surface area contributed by atoms with Crippen molar-refractivity contribution in [2.45, 2.75) is 63.1 Å². The topological polar surface area (TPSA) is 67.8 Å². The minimum absolute atomic E-state index is 0.0385. The molecule has 2 N–H and O–H groups in total. The second-order valence-corrected chi connectivity index (χ2v) is 5.59. The van der Waals surface area contributed by atoms with Crippen LogP contribution in [0.15, 0.2) is 0 Å². The standard InChI is InChI=1S/C14H25NO4/c1-2-18-8-9-19-12-4-3-7-14(10-12,13(16)17)15-11-5-6-11/h11-12,15H,2-10H2,1H3,(H,16,17). The molecule has 2 aliphatic rings. The minimum atomic E-state index is -0.768. The van der Waals surface area contributed by atoms with E-state index >= 15 is 0 Å². The third-order valence-electron chi connectivity index (χ3n) is 3.96. The Hall–Kier alpha value is -0.650. The summed E-state index contributed by atoms with van der Waals surface area (Å²) in [4.78, 5) is 11.6. The van der Waals surface area contributed by atoms with Crippen LogP contribution in [0.1, 0.15) is 45.4 Å². The first kappa shape index (κ1) is 14.8. The molecule has 2 fully saturated rings. The van der Waals surface area contributed by atoms with E-state index < -0.39 is 11.5 Å². The van der Waals surface area contributed by atoms with Crippen LogP contribution in [0.25, 0.3) is 0 Å². The summed E-state index contributed by atoms with van der Waals surface area (Å²) in [7, 11) is 0. The third-order valence-corrected chi connectivity index (χ3v) is 3.96. The van der Waals surface area contributed by atoms with Crippen LogP contribution in [0, 0.1) is 0 Å². The molecule has 0 radical (unpaired) electrons. The molecule has 5 nitrogen and oxygen atoms in total. The van der Waals surface area contributed by atoms with E-state index in [9.17, 15) is 9.90 Å². The monoisotopic (exact) mass is 271 g/mol. The number of carbonyl (C=O) groups is 1. The summed E-state index contributed by atoms with van der Waals surface area (Å²) in [6.45, 7) is 3.78. The molecule has 0 aliphatic heterocycles. The fraction of sp³-hybridized carbons (Fsp3) is 0.929. The molecule has 0 spiro atoms. The molecule has 0 aromatic heterocycles. The summed E-state index contributed by atoms with van der Waals surface area (Å²) in [5.74, 6) is -0.725. The molecular formula is C14H25NO4. The van der Waals surface area contributed by atoms with Crippen molar-refractivity contribution >= 4 is 5.97 Å². The lowest BCUT2D eigenvalue weighted by atomic mass is 9.80. The average Bonchev–Trinajstić information content (AvgIpc) is 3.19. The molecule has 2 rings (SSSR count). The van der Waals surface area contributed by atoms with Gasteiger partial charge in [0.15, 0.2) is 0 Å². The maximum absolute atomic E-state index is 11.6. The van der Waals surface area contributed by atoms with Crippen LogP contribution in [-0.2, 0) is 14.3 Å². The van der Waals surface area contributed by atoms with Gasteiger partial charge in [-0.05, 0) is 39.0 Å². The number of rotatable bonds is 8. The molecular weight excluding hydrogens is 246 g/mol. The van der Waals surface area contributed by atoms with E-state index in [4.69, 9.17) is 9.47 Å². The number of aliphatic carboxylic acids is 1. The maximum Gasteiger partial charge on any atom is 0.324 e. The Morgan fingerprint density at radius 2 is 2.16 bits per heavy atom. The molecule has 0 bridgehead atoms. The normalized spacial score (nSPS) is 31.3. The molecule has 0 aromatic rings. The van der Waals surface area contributed by atoms with Gasteiger partial charge in [0.05, 0.1) is 19.3 Å². The predicted octanol–water partition coefficient (Wildman–Crippen LogP) is 1.56. The van der Waals surface area contributed by atoms with Crippen LogP contribution in [0.4, 0.5) is 0 Å². The van der Waals surface area contributed by atoms with Gasteiger partial charge in [0.1, 0.15) is 5.54 Å². The van der Waals surface area contributed by atoms with Gasteiger partial charge in [0.2, 0.25) is 0 Å². The molecule has 0 aromatic carbocycles. The van der Waals surface area contributed by atoms with Crippen molar-refractivity contribution in [1.29, 1.82) is 0 Å². The smallest absolute Gasteiger partial charge is 0.324 e. The number of hydrogen-bond donors (Lipinski definition) is 2. The molecule has 5 heteroatoms. The average molecular weight is 271 g/mol. The van der Waals surface area contributed by atoms with E-state index in [1.165, 1.54) is 0 Å². The molecule has 2 aliphatic carbocycles. The second kappa shape index (κ2) is 6.68. The highest BCUT2D eigenvalue weighted by Gasteiger charge is 2.46. The Morgan fingerprint density at radius 3 is 2.79 bits per heavy atom. The van der Waals surface area contributed by atoms with Crippen LogP contribution in [-0.4, -0.2) is 48.6 Å². The predicted molar refractivity (Wildman–Crippen MR) is 71.2 cm³/mol. The van der Waals surface area contributed by atoms with E-state index in [1.807, 2.05) is 6.92 Å². The fourth-order valence-electron chi connectivity index (χ4n) is 2.79. The van der Waals surface area contributed by atoms with E-state index in [-0.39, 0.29) is 6.10 Å². The minimum Gasteiger partial charge on any atom is -0.480 e. The first-order valence-electron chi connectivity index (χ1n) is 7.37. The summed E-state index contributed by atoms with van der Waals surface area (Å²) in [5, 5.41) is 12.9. The number of carboxylic acids is 1. The SMILES string of the molecule is CCOCCOC1CCCC(NC2CC2)(C(=O)O)C1. The van der Waals surface area contributed by atoms with Gasteiger partial charge in [-0.25, -0.2) is 0 Å². The van der Waals surface area contributed by atoms with Gasteiger partial charge in [0, 0.05) is 19.1 Å². The highest BCUT2D eigenvalue weighted by Crippen LogP contribution is 2.34. The maximum atomic E-state index is 11.6. The van der Waals surface area contributed by atoms with E-state index in [0.29, 0.717) is 38.7 Å². The lowest BCUT2D eigenvalue weighted by Crippen LogP contribution is -2.57. The van der Waals surface area contributed by atoms with Crippen molar-refractivity contribution < 1.29 is 19.4 Å². The molecule has 110 valence electrons. The van der Waals surface area contributed by atoms with Crippen molar-refractivity contribution in [3.05, 3.63) is 0 Å². The largest absolute Gasteiger partial charge is 0.480 e. The van der Waals surface area contributed by atoms with E-state index in [1.54, 1.807) is 0 Å². The Bertz CT molecular complexity index is 306. The Labute approximate surface area is 114 Å². The molecule has 2 unspecified atom stereocenters. The molecule has 2 atom stereocenters. The number of ether oxygens (including phenoxy) is 2. The quantitative estimate of drug-likeness (QED) is 0.656.